The summed E-state index contributed by atoms with van der Waals surface area (Å²) in [4.78, 5) is 18.9. The van der Waals surface area contributed by atoms with E-state index in [0.29, 0.717) is 11.6 Å². The van der Waals surface area contributed by atoms with Crippen LogP contribution in [-0.4, -0.2) is 26.1 Å². The smallest absolute Gasteiger partial charge is 0.277 e. The van der Waals surface area contributed by atoms with Crippen molar-refractivity contribution in [1.29, 1.82) is 0 Å². The summed E-state index contributed by atoms with van der Waals surface area (Å²) >= 11 is 1.36. The van der Waals surface area contributed by atoms with Gasteiger partial charge in [0, 0.05) is 5.38 Å². The Hall–Kier alpha value is -1.76. The van der Waals surface area contributed by atoms with Crippen LogP contribution in [0.15, 0.2) is 17.2 Å². The Balaban J connectivity index is 2.08. The van der Waals surface area contributed by atoms with E-state index in [1.54, 1.807) is 10.9 Å². The zero-order valence-corrected chi connectivity index (χ0v) is 7.21. The number of carbonyl (C=O) groups excluding carboxylic acids is 1. The van der Waals surface area contributed by atoms with E-state index in [0.717, 1.165) is 0 Å². The Morgan fingerprint density at radius 3 is 3.08 bits per heavy atom. The van der Waals surface area contributed by atoms with Gasteiger partial charge in [-0.15, -0.1) is 11.3 Å². The molecule has 6 nitrogen and oxygen atoms in total. The lowest BCUT2D eigenvalue weighted by Gasteiger charge is -1.95. The highest BCUT2D eigenvalue weighted by Crippen LogP contribution is 2.03. The number of thiazole rings is 1. The second-order valence-corrected chi connectivity index (χ2v) is 2.88. The van der Waals surface area contributed by atoms with Crippen LogP contribution in [0.25, 0.3) is 0 Å². The van der Waals surface area contributed by atoms with Gasteiger partial charge in [0.2, 0.25) is 5.95 Å². The Morgan fingerprint density at radius 1 is 1.54 bits per heavy atom. The average Bonchev–Trinajstić information content (AvgIpc) is 2.74. The molecule has 66 valence electrons. The molecule has 2 heterocycles. The van der Waals surface area contributed by atoms with E-state index in [1.165, 1.54) is 17.7 Å². The van der Waals surface area contributed by atoms with E-state index in [4.69, 9.17) is 0 Å². The summed E-state index contributed by atoms with van der Waals surface area (Å²) in [5.74, 6) is 0.0241. The highest BCUT2D eigenvalue weighted by atomic mass is 32.1. The molecule has 1 amide bonds. The van der Waals surface area contributed by atoms with Crippen molar-refractivity contribution in [3.63, 3.8) is 0 Å². The molecule has 0 aliphatic carbocycles. The molecular weight excluding hydrogens is 190 g/mol. The molecular formula is C6H5N5OS. The van der Waals surface area contributed by atoms with Crippen LogP contribution in [0.3, 0.4) is 0 Å². The van der Waals surface area contributed by atoms with Crippen LogP contribution in [0.2, 0.25) is 0 Å². The quantitative estimate of drug-likeness (QED) is 0.731. The van der Waals surface area contributed by atoms with Gasteiger partial charge in [0.15, 0.2) is 0 Å². The van der Waals surface area contributed by atoms with Crippen molar-refractivity contribution < 1.29 is 4.79 Å². The first-order valence-electron chi connectivity index (χ1n) is 3.41. The molecule has 2 aromatic rings. The van der Waals surface area contributed by atoms with Gasteiger partial charge in [0.05, 0.1) is 5.51 Å². The van der Waals surface area contributed by atoms with E-state index < -0.39 is 0 Å². The number of hydrogen-bond acceptors (Lipinski definition) is 5. The van der Waals surface area contributed by atoms with E-state index in [-0.39, 0.29) is 5.91 Å². The van der Waals surface area contributed by atoms with Gasteiger partial charge in [-0.2, -0.15) is 10.1 Å². The highest BCUT2D eigenvalue weighted by Gasteiger charge is 2.08. The largest absolute Gasteiger partial charge is 0.289 e. The number of hydrogen-bond donors (Lipinski definition) is 2. The Morgan fingerprint density at radius 2 is 2.46 bits per heavy atom. The number of nitrogens with one attached hydrogen (secondary N) is 2. The van der Waals surface area contributed by atoms with Crippen LogP contribution < -0.4 is 5.32 Å². The van der Waals surface area contributed by atoms with Crippen molar-refractivity contribution in [3.05, 3.63) is 22.9 Å². The molecule has 0 bridgehead atoms. The fourth-order valence-corrected chi connectivity index (χ4v) is 1.29. The highest BCUT2D eigenvalue weighted by molar-refractivity contribution is 7.07. The van der Waals surface area contributed by atoms with E-state index in [9.17, 15) is 4.79 Å². The zero-order valence-electron chi connectivity index (χ0n) is 6.39. The first kappa shape index (κ1) is 7.87. The summed E-state index contributed by atoms with van der Waals surface area (Å²) in [6.07, 6.45) is 1.32. The van der Waals surface area contributed by atoms with Gasteiger partial charge in [-0.05, 0) is 0 Å². The van der Waals surface area contributed by atoms with Crippen molar-refractivity contribution in [1.82, 2.24) is 20.2 Å². The topological polar surface area (TPSA) is 83.6 Å². The molecule has 0 radical (unpaired) electrons. The molecule has 0 aromatic carbocycles. The molecule has 2 aromatic heterocycles. The minimum absolute atomic E-state index is 0.294. The maximum atomic E-state index is 11.3. The maximum absolute atomic E-state index is 11.3. The third-order valence-electron chi connectivity index (χ3n) is 1.31. The Labute approximate surface area is 77.0 Å². The van der Waals surface area contributed by atoms with Gasteiger partial charge in [-0.25, -0.2) is 10.1 Å². The summed E-state index contributed by atoms with van der Waals surface area (Å²) in [6.45, 7) is 0. The number of aromatic amines is 1. The minimum Gasteiger partial charge on any atom is -0.289 e. The fraction of sp³-hybridized carbons (Fsp3) is 0. The molecule has 13 heavy (non-hydrogen) atoms. The van der Waals surface area contributed by atoms with Crippen molar-refractivity contribution in [2.24, 2.45) is 0 Å². The predicted molar refractivity (Wildman–Crippen MR) is 46.4 cm³/mol. The lowest BCUT2D eigenvalue weighted by atomic mass is 10.5. The third-order valence-corrected chi connectivity index (χ3v) is 1.90. The number of nitrogens with zero attached hydrogens (tertiary/aromatic N) is 3. The maximum Gasteiger partial charge on any atom is 0.277 e. The number of rotatable bonds is 2. The van der Waals surface area contributed by atoms with E-state index in [1.807, 2.05) is 0 Å². The van der Waals surface area contributed by atoms with Gasteiger partial charge >= 0.3 is 0 Å². The summed E-state index contributed by atoms with van der Waals surface area (Å²) < 4.78 is 0. The Bertz CT molecular complexity index is 381. The lowest BCUT2D eigenvalue weighted by Crippen LogP contribution is -2.13. The molecule has 0 atom stereocenters. The van der Waals surface area contributed by atoms with Gasteiger partial charge in [0.1, 0.15) is 12.0 Å². The summed E-state index contributed by atoms with van der Waals surface area (Å²) in [6, 6.07) is 0. The van der Waals surface area contributed by atoms with Gasteiger partial charge in [-0.3, -0.25) is 10.1 Å². The van der Waals surface area contributed by atoms with Crippen molar-refractivity contribution in [2.45, 2.75) is 0 Å². The summed E-state index contributed by atoms with van der Waals surface area (Å²) in [7, 11) is 0. The first-order chi connectivity index (χ1) is 6.36. The first-order valence-corrected chi connectivity index (χ1v) is 4.35. The van der Waals surface area contributed by atoms with Crippen LogP contribution in [0.4, 0.5) is 5.95 Å². The predicted octanol–water partition coefficient (Wildman–Crippen LogP) is 0.513. The molecule has 2 rings (SSSR count). The Kier molecular flexibility index (Phi) is 2.01. The van der Waals surface area contributed by atoms with Crippen molar-refractivity contribution in [3.8, 4) is 0 Å². The van der Waals surface area contributed by atoms with Crippen molar-refractivity contribution in [2.75, 3.05) is 5.32 Å². The standard InChI is InChI=1S/C6H5N5OS/c12-5(4-1-13-3-8-4)10-6-7-2-9-11-6/h1-3H,(H2,7,9,10,11,12). The lowest BCUT2D eigenvalue weighted by molar-refractivity contribution is 0.102. The summed E-state index contributed by atoms with van der Waals surface area (Å²) in [5, 5.41) is 10.3. The van der Waals surface area contributed by atoms with Gasteiger partial charge < -0.3 is 0 Å². The SMILES string of the molecule is O=C(Nc1ncn[nH]1)c1cscn1. The molecule has 7 heteroatoms. The molecule has 0 aliphatic rings. The number of H-pyrrole nitrogens is 1. The molecule has 0 spiro atoms. The average molecular weight is 195 g/mol. The third kappa shape index (κ3) is 1.70. The van der Waals surface area contributed by atoms with E-state index in [2.05, 4.69) is 25.5 Å². The molecule has 0 saturated heterocycles. The number of amides is 1. The van der Waals surface area contributed by atoms with Gasteiger partial charge in [-0.1, -0.05) is 0 Å². The molecule has 0 aliphatic heterocycles. The van der Waals surface area contributed by atoms with Crippen LogP contribution >= 0.6 is 11.3 Å². The number of carbonyl (C=O) groups is 1. The number of aromatic nitrogens is 4. The summed E-state index contributed by atoms with van der Waals surface area (Å²) in [5.41, 5.74) is 1.97. The fourth-order valence-electron chi connectivity index (χ4n) is 0.762. The minimum atomic E-state index is -0.294. The van der Waals surface area contributed by atoms with Gasteiger partial charge in [0.25, 0.3) is 5.91 Å². The zero-order chi connectivity index (χ0) is 9.10. The molecule has 0 unspecified atom stereocenters. The van der Waals surface area contributed by atoms with Crippen LogP contribution in [0, 0.1) is 0 Å². The van der Waals surface area contributed by atoms with Crippen LogP contribution in [-0.2, 0) is 0 Å². The normalized spacial score (nSPS) is 9.85. The van der Waals surface area contributed by atoms with Crippen LogP contribution in [0.5, 0.6) is 0 Å². The molecule has 2 N–H and O–H groups in total. The monoisotopic (exact) mass is 195 g/mol. The molecule has 0 saturated carbocycles. The molecule has 0 fully saturated rings. The van der Waals surface area contributed by atoms with E-state index >= 15 is 0 Å². The number of anilines is 1. The second-order valence-electron chi connectivity index (χ2n) is 2.16. The second kappa shape index (κ2) is 3.31. The van der Waals surface area contributed by atoms with Crippen molar-refractivity contribution >= 4 is 23.2 Å². The van der Waals surface area contributed by atoms with Crippen LogP contribution in [0.1, 0.15) is 10.5 Å².